The van der Waals surface area contributed by atoms with Gasteiger partial charge < -0.3 is 0 Å². The standard InChI is InChI=1S/C14H24O/c1-10(12(3)15)6-8-13-9-7-11(2)14(13,4)5/h6,8,10-11,13H,7,9H2,1-5H3/b8-6+. The van der Waals surface area contributed by atoms with Gasteiger partial charge in [0.15, 0.2) is 0 Å². The molecular formula is C14H24O. The molecular weight excluding hydrogens is 184 g/mol. The van der Waals surface area contributed by atoms with Crippen LogP contribution < -0.4 is 0 Å². The predicted molar refractivity (Wildman–Crippen MR) is 64.7 cm³/mol. The molecule has 15 heavy (non-hydrogen) atoms. The van der Waals surface area contributed by atoms with Gasteiger partial charge in [-0.15, -0.1) is 0 Å². The van der Waals surface area contributed by atoms with Gasteiger partial charge in [0.1, 0.15) is 5.78 Å². The van der Waals surface area contributed by atoms with Gasteiger partial charge in [-0.05, 0) is 37.0 Å². The third-order valence-electron chi connectivity index (χ3n) is 4.41. The second kappa shape index (κ2) is 4.51. The lowest BCUT2D eigenvalue weighted by Crippen LogP contribution is -2.22. The third kappa shape index (κ3) is 2.70. The molecule has 0 spiro atoms. The summed E-state index contributed by atoms with van der Waals surface area (Å²) in [5.41, 5.74) is 0.396. The maximum Gasteiger partial charge on any atom is 0.136 e. The van der Waals surface area contributed by atoms with E-state index in [1.165, 1.54) is 12.8 Å². The number of hydrogen-bond acceptors (Lipinski definition) is 1. The van der Waals surface area contributed by atoms with Gasteiger partial charge in [0.25, 0.3) is 0 Å². The lowest BCUT2D eigenvalue weighted by molar-refractivity contribution is -0.118. The molecule has 0 bridgehead atoms. The fraction of sp³-hybridized carbons (Fsp3) is 0.786. The summed E-state index contributed by atoms with van der Waals surface area (Å²) in [7, 11) is 0. The molecule has 0 aromatic heterocycles. The Bertz CT molecular complexity index is 263. The average molecular weight is 208 g/mol. The molecule has 1 saturated carbocycles. The first kappa shape index (κ1) is 12.5. The number of hydrogen-bond donors (Lipinski definition) is 0. The van der Waals surface area contributed by atoms with Gasteiger partial charge >= 0.3 is 0 Å². The van der Waals surface area contributed by atoms with E-state index in [0.717, 1.165) is 5.92 Å². The second-order valence-corrected chi connectivity index (χ2v) is 5.69. The van der Waals surface area contributed by atoms with Crippen molar-refractivity contribution in [3.63, 3.8) is 0 Å². The molecule has 3 unspecified atom stereocenters. The summed E-state index contributed by atoms with van der Waals surface area (Å²) in [6, 6.07) is 0. The van der Waals surface area contributed by atoms with Gasteiger partial charge in [-0.1, -0.05) is 39.8 Å². The summed E-state index contributed by atoms with van der Waals surface area (Å²) >= 11 is 0. The van der Waals surface area contributed by atoms with Crippen molar-refractivity contribution >= 4 is 5.78 Å². The van der Waals surface area contributed by atoms with Crippen molar-refractivity contribution in [3.05, 3.63) is 12.2 Å². The van der Waals surface area contributed by atoms with E-state index >= 15 is 0 Å². The third-order valence-corrected chi connectivity index (χ3v) is 4.41. The molecule has 0 aromatic carbocycles. The van der Waals surface area contributed by atoms with Crippen LogP contribution in [-0.4, -0.2) is 5.78 Å². The minimum absolute atomic E-state index is 0.0803. The van der Waals surface area contributed by atoms with Gasteiger partial charge in [-0.25, -0.2) is 0 Å². The normalized spacial score (nSPS) is 32.1. The zero-order chi connectivity index (χ0) is 11.6. The Kier molecular flexibility index (Phi) is 3.75. The smallest absolute Gasteiger partial charge is 0.136 e. The van der Waals surface area contributed by atoms with Crippen LogP contribution in [0.2, 0.25) is 0 Å². The lowest BCUT2D eigenvalue weighted by Gasteiger charge is -2.29. The summed E-state index contributed by atoms with van der Waals surface area (Å²) < 4.78 is 0. The maximum absolute atomic E-state index is 11.1. The van der Waals surface area contributed by atoms with Crippen LogP contribution in [0, 0.1) is 23.2 Å². The molecule has 0 heterocycles. The van der Waals surface area contributed by atoms with Crippen LogP contribution >= 0.6 is 0 Å². The van der Waals surface area contributed by atoms with Crippen LogP contribution in [0.25, 0.3) is 0 Å². The van der Waals surface area contributed by atoms with E-state index in [9.17, 15) is 4.79 Å². The number of ketones is 1. The van der Waals surface area contributed by atoms with E-state index in [2.05, 4.69) is 32.9 Å². The number of Topliss-reactive ketones (excluding diaryl/α,β-unsaturated/α-hetero) is 1. The van der Waals surface area contributed by atoms with E-state index in [-0.39, 0.29) is 11.7 Å². The Morgan fingerprint density at radius 2 is 2.00 bits per heavy atom. The van der Waals surface area contributed by atoms with Crippen LogP contribution in [-0.2, 0) is 4.79 Å². The van der Waals surface area contributed by atoms with Crippen LogP contribution in [0.5, 0.6) is 0 Å². The van der Waals surface area contributed by atoms with E-state index in [1.54, 1.807) is 6.92 Å². The van der Waals surface area contributed by atoms with Crippen molar-refractivity contribution in [3.8, 4) is 0 Å². The van der Waals surface area contributed by atoms with Gasteiger partial charge in [0, 0.05) is 5.92 Å². The molecule has 0 aromatic rings. The van der Waals surface area contributed by atoms with Crippen molar-refractivity contribution in [1.82, 2.24) is 0 Å². The molecule has 0 radical (unpaired) electrons. The zero-order valence-corrected chi connectivity index (χ0v) is 10.7. The van der Waals surface area contributed by atoms with Gasteiger partial charge in [0.2, 0.25) is 0 Å². The molecule has 3 atom stereocenters. The molecule has 1 aliphatic carbocycles. The maximum atomic E-state index is 11.1. The highest BCUT2D eigenvalue weighted by Gasteiger charge is 2.38. The highest BCUT2D eigenvalue weighted by Crippen LogP contribution is 2.47. The van der Waals surface area contributed by atoms with E-state index in [1.807, 2.05) is 6.92 Å². The fourth-order valence-electron chi connectivity index (χ4n) is 2.32. The van der Waals surface area contributed by atoms with Crippen molar-refractivity contribution in [2.75, 3.05) is 0 Å². The summed E-state index contributed by atoms with van der Waals surface area (Å²) in [4.78, 5) is 11.1. The topological polar surface area (TPSA) is 17.1 Å². The van der Waals surface area contributed by atoms with E-state index < -0.39 is 0 Å². The molecule has 0 amide bonds. The average Bonchev–Trinajstić information content (AvgIpc) is 2.39. The molecule has 86 valence electrons. The molecule has 1 fully saturated rings. The molecule has 1 rings (SSSR count). The Morgan fingerprint density at radius 3 is 2.40 bits per heavy atom. The first-order valence-corrected chi connectivity index (χ1v) is 6.04. The quantitative estimate of drug-likeness (QED) is 0.644. The Balaban J connectivity index is 2.64. The molecule has 0 saturated heterocycles. The molecule has 1 nitrogen and oxygen atoms in total. The SMILES string of the molecule is CC(=O)C(C)/C=C/C1CCC(C)C1(C)C. The van der Waals surface area contributed by atoms with Crippen molar-refractivity contribution in [1.29, 1.82) is 0 Å². The predicted octanol–water partition coefficient (Wildman–Crippen LogP) is 3.84. The fourth-order valence-corrected chi connectivity index (χ4v) is 2.32. The van der Waals surface area contributed by atoms with Crippen LogP contribution in [0.1, 0.15) is 47.5 Å². The minimum Gasteiger partial charge on any atom is -0.299 e. The highest BCUT2D eigenvalue weighted by atomic mass is 16.1. The van der Waals surface area contributed by atoms with Crippen molar-refractivity contribution in [2.24, 2.45) is 23.2 Å². The highest BCUT2D eigenvalue weighted by molar-refractivity contribution is 5.79. The summed E-state index contributed by atoms with van der Waals surface area (Å²) in [6.07, 6.45) is 6.95. The number of carbonyl (C=O) groups is 1. The van der Waals surface area contributed by atoms with E-state index in [0.29, 0.717) is 11.3 Å². The number of allylic oxidation sites excluding steroid dienone is 2. The molecule has 1 aliphatic rings. The minimum atomic E-state index is 0.0803. The molecule has 1 heteroatoms. The van der Waals surface area contributed by atoms with Gasteiger partial charge in [-0.3, -0.25) is 4.79 Å². The van der Waals surface area contributed by atoms with Crippen molar-refractivity contribution in [2.45, 2.75) is 47.5 Å². The first-order valence-electron chi connectivity index (χ1n) is 6.04. The lowest BCUT2D eigenvalue weighted by atomic mass is 9.76. The summed E-state index contributed by atoms with van der Waals surface area (Å²) in [5, 5.41) is 0. The van der Waals surface area contributed by atoms with Crippen LogP contribution in [0.4, 0.5) is 0 Å². The summed E-state index contributed by atoms with van der Waals surface area (Å²) in [5.74, 6) is 1.78. The van der Waals surface area contributed by atoms with Crippen LogP contribution in [0.3, 0.4) is 0 Å². The Labute approximate surface area is 93.9 Å². The zero-order valence-electron chi connectivity index (χ0n) is 10.7. The summed E-state index contributed by atoms with van der Waals surface area (Å²) in [6.45, 7) is 10.7. The second-order valence-electron chi connectivity index (χ2n) is 5.69. The first-order chi connectivity index (χ1) is 6.85. The van der Waals surface area contributed by atoms with E-state index in [4.69, 9.17) is 0 Å². The Hall–Kier alpha value is -0.590. The van der Waals surface area contributed by atoms with Gasteiger partial charge in [0.05, 0.1) is 0 Å². The number of rotatable bonds is 3. The van der Waals surface area contributed by atoms with Gasteiger partial charge in [-0.2, -0.15) is 0 Å². The largest absolute Gasteiger partial charge is 0.299 e. The monoisotopic (exact) mass is 208 g/mol. The molecule has 0 N–H and O–H groups in total. The number of carbonyl (C=O) groups excluding carboxylic acids is 1. The Morgan fingerprint density at radius 1 is 1.40 bits per heavy atom. The van der Waals surface area contributed by atoms with Crippen LogP contribution in [0.15, 0.2) is 12.2 Å². The van der Waals surface area contributed by atoms with Crippen molar-refractivity contribution < 1.29 is 4.79 Å². The molecule has 0 aliphatic heterocycles.